The number of carbonyl (C=O) groups excluding carboxylic acids is 1. The highest BCUT2D eigenvalue weighted by Crippen LogP contribution is 2.48. The van der Waals surface area contributed by atoms with Gasteiger partial charge in [0.15, 0.2) is 5.78 Å². The summed E-state index contributed by atoms with van der Waals surface area (Å²) in [4.78, 5) is 13.1. The zero-order valence-corrected chi connectivity index (χ0v) is 15.1. The van der Waals surface area contributed by atoms with Crippen LogP contribution < -0.4 is 5.32 Å². The van der Waals surface area contributed by atoms with Crippen LogP contribution in [0.3, 0.4) is 0 Å². The van der Waals surface area contributed by atoms with Gasteiger partial charge >= 0.3 is 0 Å². The fraction of sp³-hybridized carbons (Fsp3) is 0.0870. The lowest BCUT2D eigenvalue weighted by atomic mass is 9.98. The molecule has 1 N–H and O–H groups in total. The van der Waals surface area contributed by atoms with Crippen LogP contribution in [-0.2, 0) is 0 Å². The van der Waals surface area contributed by atoms with E-state index in [1.807, 2.05) is 66.7 Å². The molecule has 0 bridgehead atoms. The molecule has 0 saturated carbocycles. The predicted molar refractivity (Wildman–Crippen MR) is 109 cm³/mol. The van der Waals surface area contributed by atoms with Crippen LogP contribution in [0.1, 0.15) is 27.6 Å². The van der Waals surface area contributed by atoms with E-state index >= 15 is 0 Å². The number of ketones is 1. The van der Waals surface area contributed by atoms with Crippen molar-refractivity contribution >= 4 is 23.2 Å². The van der Waals surface area contributed by atoms with E-state index < -0.39 is 0 Å². The van der Waals surface area contributed by atoms with Gasteiger partial charge < -0.3 is 5.32 Å². The molecule has 2 nitrogen and oxygen atoms in total. The minimum Gasteiger partial charge on any atom is -0.350 e. The SMILES string of the molecule is O=C(C1=C(Nc2ccccc2)SC(c2ccccc2)C1)c1ccccc1. The van der Waals surface area contributed by atoms with Crippen molar-refractivity contribution in [2.24, 2.45) is 0 Å². The van der Waals surface area contributed by atoms with Crippen molar-refractivity contribution in [2.45, 2.75) is 11.7 Å². The van der Waals surface area contributed by atoms with E-state index in [4.69, 9.17) is 0 Å². The molecule has 0 fully saturated rings. The van der Waals surface area contributed by atoms with E-state index in [2.05, 4.69) is 29.6 Å². The van der Waals surface area contributed by atoms with Gasteiger partial charge in [0.05, 0.1) is 5.03 Å². The molecule has 0 aromatic heterocycles. The molecule has 1 aliphatic rings. The normalized spacial score (nSPS) is 16.5. The second-order valence-corrected chi connectivity index (χ2v) is 7.43. The molecule has 0 spiro atoms. The molecule has 26 heavy (non-hydrogen) atoms. The number of hydrogen-bond acceptors (Lipinski definition) is 3. The summed E-state index contributed by atoms with van der Waals surface area (Å²) in [5.74, 6) is 0.106. The average molecular weight is 357 g/mol. The smallest absolute Gasteiger partial charge is 0.191 e. The molecule has 128 valence electrons. The molecule has 1 atom stereocenters. The van der Waals surface area contributed by atoms with Gasteiger partial charge in [-0.25, -0.2) is 0 Å². The van der Waals surface area contributed by atoms with Gasteiger partial charge in [0.2, 0.25) is 0 Å². The Hall–Kier alpha value is -2.78. The first kappa shape index (κ1) is 16.7. The minimum atomic E-state index is 0.106. The highest BCUT2D eigenvalue weighted by molar-refractivity contribution is 8.03. The number of allylic oxidation sites excluding steroid dienone is 1. The topological polar surface area (TPSA) is 29.1 Å². The zero-order valence-electron chi connectivity index (χ0n) is 14.3. The Balaban J connectivity index is 1.66. The van der Waals surface area contributed by atoms with Crippen LogP contribution in [0.15, 0.2) is 102 Å². The number of carbonyl (C=O) groups is 1. The van der Waals surface area contributed by atoms with Crippen molar-refractivity contribution in [3.63, 3.8) is 0 Å². The lowest BCUT2D eigenvalue weighted by molar-refractivity contribution is 0.103. The summed E-state index contributed by atoms with van der Waals surface area (Å²) >= 11 is 1.74. The lowest BCUT2D eigenvalue weighted by Gasteiger charge is -2.11. The number of Topliss-reactive ketones (excluding diaryl/α,β-unsaturated/α-hetero) is 1. The number of benzene rings is 3. The van der Waals surface area contributed by atoms with Gasteiger partial charge in [0.1, 0.15) is 0 Å². The first-order chi connectivity index (χ1) is 12.8. The van der Waals surface area contributed by atoms with E-state index in [1.54, 1.807) is 11.8 Å². The van der Waals surface area contributed by atoms with Gasteiger partial charge in [-0.05, 0) is 24.1 Å². The Bertz CT molecular complexity index is 920. The lowest BCUT2D eigenvalue weighted by Crippen LogP contribution is -2.07. The number of hydrogen-bond donors (Lipinski definition) is 1. The Kier molecular flexibility index (Phi) is 4.89. The summed E-state index contributed by atoms with van der Waals surface area (Å²) in [5.41, 5.74) is 3.85. The summed E-state index contributed by atoms with van der Waals surface area (Å²) in [7, 11) is 0. The van der Waals surface area contributed by atoms with Crippen LogP contribution in [0, 0.1) is 0 Å². The average Bonchev–Trinajstić information content (AvgIpc) is 3.13. The quantitative estimate of drug-likeness (QED) is 0.562. The van der Waals surface area contributed by atoms with Crippen molar-refractivity contribution in [1.29, 1.82) is 0 Å². The molecule has 1 aliphatic heterocycles. The van der Waals surface area contributed by atoms with Crippen molar-refractivity contribution < 1.29 is 4.79 Å². The summed E-state index contributed by atoms with van der Waals surface area (Å²) < 4.78 is 0. The largest absolute Gasteiger partial charge is 0.350 e. The van der Waals surface area contributed by atoms with Crippen LogP contribution in [0.2, 0.25) is 0 Å². The van der Waals surface area contributed by atoms with Crippen molar-refractivity contribution in [1.82, 2.24) is 0 Å². The third-order valence-corrected chi connectivity index (χ3v) is 5.74. The van der Waals surface area contributed by atoms with E-state index in [9.17, 15) is 4.79 Å². The highest BCUT2D eigenvalue weighted by atomic mass is 32.2. The fourth-order valence-corrected chi connectivity index (χ4v) is 4.43. The van der Waals surface area contributed by atoms with Crippen molar-refractivity contribution in [2.75, 3.05) is 5.32 Å². The van der Waals surface area contributed by atoms with Crippen LogP contribution in [0.4, 0.5) is 5.69 Å². The molecule has 0 aliphatic carbocycles. The molecule has 0 amide bonds. The zero-order chi connectivity index (χ0) is 17.8. The van der Waals surface area contributed by atoms with E-state index in [0.717, 1.165) is 28.3 Å². The van der Waals surface area contributed by atoms with Crippen molar-refractivity contribution in [3.05, 3.63) is 113 Å². The molecular weight excluding hydrogens is 338 g/mol. The Morgan fingerprint density at radius 2 is 1.38 bits per heavy atom. The molecule has 1 unspecified atom stereocenters. The highest BCUT2D eigenvalue weighted by Gasteiger charge is 2.30. The maximum absolute atomic E-state index is 13.1. The summed E-state index contributed by atoms with van der Waals surface area (Å²) in [6.45, 7) is 0. The number of para-hydroxylation sites is 1. The van der Waals surface area contributed by atoms with Gasteiger partial charge in [0.25, 0.3) is 0 Å². The predicted octanol–water partition coefficient (Wildman–Crippen LogP) is 6.07. The van der Waals surface area contributed by atoms with Crippen LogP contribution in [-0.4, -0.2) is 5.78 Å². The summed E-state index contributed by atoms with van der Waals surface area (Å²) in [5, 5.41) is 4.68. The van der Waals surface area contributed by atoms with Crippen LogP contribution in [0.25, 0.3) is 0 Å². The monoisotopic (exact) mass is 357 g/mol. The van der Waals surface area contributed by atoms with E-state index in [-0.39, 0.29) is 11.0 Å². The van der Waals surface area contributed by atoms with Crippen LogP contribution in [0.5, 0.6) is 0 Å². The van der Waals surface area contributed by atoms with Gasteiger partial charge in [-0.2, -0.15) is 0 Å². The fourth-order valence-electron chi connectivity index (χ4n) is 3.10. The number of anilines is 1. The second-order valence-electron chi connectivity index (χ2n) is 6.22. The maximum Gasteiger partial charge on any atom is 0.191 e. The molecule has 3 heteroatoms. The number of rotatable bonds is 5. The third kappa shape index (κ3) is 3.58. The first-order valence-corrected chi connectivity index (χ1v) is 9.56. The van der Waals surface area contributed by atoms with Gasteiger partial charge in [-0.15, -0.1) is 0 Å². The summed E-state index contributed by atoms with van der Waals surface area (Å²) in [6, 6.07) is 29.9. The number of nitrogens with one attached hydrogen (secondary N) is 1. The van der Waals surface area contributed by atoms with E-state index in [0.29, 0.717) is 0 Å². The second kappa shape index (κ2) is 7.63. The molecule has 0 saturated heterocycles. The standard InChI is InChI=1S/C23H19NOS/c25-22(18-12-6-2-7-13-18)20-16-21(17-10-4-1-5-11-17)26-23(20)24-19-14-8-3-9-15-19/h1-15,21,24H,16H2. The van der Waals surface area contributed by atoms with Crippen LogP contribution >= 0.6 is 11.8 Å². The molecule has 3 aromatic rings. The van der Waals surface area contributed by atoms with Gasteiger partial charge in [-0.3, -0.25) is 4.79 Å². The van der Waals surface area contributed by atoms with E-state index in [1.165, 1.54) is 5.56 Å². The first-order valence-electron chi connectivity index (χ1n) is 8.68. The molecule has 0 radical (unpaired) electrons. The third-order valence-electron chi connectivity index (χ3n) is 4.44. The van der Waals surface area contributed by atoms with Gasteiger partial charge in [-0.1, -0.05) is 90.6 Å². The maximum atomic E-state index is 13.1. The Morgan fingerprint density at radius 1 is 0.808 bits per heavy atom. The molecule has 4 rings (SSSR count). The minimum absolute atomic E-state index is 0.106. The molecule has 1 heterocycles. The number of thioether (sulfide) groups is 1. The Morgan fingerprint density at radius 3 is 2.04 bits per heavy atom. The molecular formula is C23H19NOS. The van der Waals surface area contributed by atoms with Gasteiger partial charge in [0, 0.05) is 22.1 Å². The Labute approximate surface area is 158 Å². The molecule has 3 aromatic carbocycles. The van der Waals surface area contributed by atoms with Crippen molar-refractivity contribution in [3.8, 4) is 0 Å². The summed E-state index contributed by atoms with van der Waals surface area (Å²) in [6.07, 6.45) is 0.734.